The summed E-state index contributed by atoms with van der Waals surface area (Å²) in [6, 6.07) is 5.57. The zero-order valence-corrected chi connectivity index (χ0v) is 13.9. The van der Waals surface area contributed by atoms with E-state index in [1.807, 2.05) is 0 Å². The molecule has 138 valence electrons. The number of hydrogen-bond donors (Lipinski definition) is 2. The van der Waals surface area contributed by atoms with Gasteiger partial charge in [-0.2, -0.15) is 13.2 Å². The first-order chi connectivity index (χ1) is 12.1. The van der Waals surface area contributed by atoms with Crippen molar-refractivity contribution >= 4 is 23.5 Å². The molecule has 1 aromatic heterocycles. The second kappa shape index (κ2) is 6.35. The number of hydrogen-bond acceptors (Lipinski definition) is 3. The molecule has 2 N–H and O–H groups in total. The Hall–Kier alpha value is -2.48. The molecule has 3 rings (SSSR count). The maximum atomic E-state index is 12.9. The van der Waals surface area contributed by atoms with Crippen LogP contribution in [0.1, 0.15) is 40.3 Å². The van der Waals surface area contributed by atoms with E-state index in [0.29, 0.717) is 12.8 Å². The number of benzene rings is 1. The maximum absolute atomic E-state index is 12.9. The maximum Gasteiger partial charge on any atom is 0.416 e. The Morgan fingerprint density at radius 3 is 2.46 bits per heavy atom. The van der Waals surface area contributed by atoms with Crippen molar-refractivity contribution in [1.29, 1.82) is 0 Å². The Morgan fingerprint density at radius 1 is 1.23 bits per heavy atom. The predicted octanol–water partition coefficient (Wildman–Crippen LogP) is 4.00. The van der Waals surface area contributed by atoms with Crippen LogP contribution in [0.4, 0.5) is 13.2 Å². The molecule has 1 amide bonds. The summed E-state index contributed by atoms with van der Waals surface area (Å²) < 4.78 is 43.9. The monoisotopic (exact) mass is 387 g/mol. The van der Waals surface area contributed by atoms with E-state index >= 15 is 0 Å². The number of rotatable bonds is 5. The lowest BCUT2D eigenvalue weighted by atomic mass is 9.93. The van der Waals surface area contributed by atoms with Gasteiger partial charge in [-0.1, -0.05) is 11.6 Å². The Balaban J connectivity index is 1.78. The SMILES string of the molecule is O=C(O)c1ccc(CNC(=O)C2(c3cc(C(F)(F)F)ccc3Cl)CC2)o1. The van der Waals surface area contributed by atoms with Gasteiger partial charge in [0.05, 0.1) is 17.5 Å². The van der Waals surface area contributed by atoms with Crippen LogP contribution in [0.5, 0.6) is 0 Å². The average molecular weight is 388 g/mol. The summed E-state index contributed by atoms with van der Waals surface area (Å²) in [5, 5.41) is 11.5. The van der Waals surface area contributed by atoms with Crippen LogP contribution in [0.15, 0.2) is 34.7 Å². The van der Waals surface area contributed by atoms with Crippen LogP contribution in [0.25, 0.3) is 0 Å². The van der Waals surface area contributed by atoms with Crippen LogP contribution < -0.4 is 5.32 Å². The molecule has 1 aliphatic carbocycles. The third-order valence-corrected chi connectivity index (χ3v) is 4.62. The number of nitrogens with one attached hydrogen (secondary N) is 1. The Kier molecular flexibility index (Phi) is 4.47. The molecule has 0 atom stereocenters. The quantitative estimate of drug-likeness (QED) is 0.812. The molecule has 0 saturated heterocycles. The van der Waals surface area contributed by atoms with Gasteiger partial charge in [0.25, 0.3) is 0 Å². The van der Waals surface area contributed by atoms with E-state index in [-0.39, 0.29) is 28.7 Å². The molecule has 26 heavy (non-hydrogen) atoms. The smallest absolute Gasteiger partial charge is 0.416 e. The highest BCUT2D eigenvalue weighted by atomic mass is 35.5. The highest BCUT2D eigenvalue weighted by Crippen LogP contribution is 2.51. The topological polar surface area (TPSA) is 79.5 Å². The summed E-state index contributed by atoms with van der Waals surface area (Å²) in [7, 11) is 0. The number of aromatic carboxylic acids is 1. The molecule has 1 aliphatic rings. The molecule has 2 aromatic rings. The van der Waals surface area contributed by atoms with Gasteiger partial charge in [0, 0.05) is 5.02 Å². The molecule has 0 spiro atoms. The van der Waals surface area contributed by atoms with Crippen LogP contribution in [0, 0.1) is 0 Å². The van der Waals surface area contributed by atoms with Gasteiger partial charge in [-0.3, -0.25) is 4.79 Å². The van der Waals surface area contributed by atoms with Crippen molar-refractivity contribution in [2.24, 2.45) is 0 Å². The molecular weight excluding hydrogens is 375 g/mol. The van der Waals surface area contributed by atoms with E-state index in [1.165, 1.54) is 12.1 Å². The summed E-state index contributed by atoms with van der Waals surface area (Å²) in [4.78, 5) is 23.3. The fourth-order valence-corrected chi connectivity index (χ4v) is 3.03. The molecule has 1 saturated carbocycles. The number of carboxylic acid groups (broad SMARTS) is 1. The molecule has 0 aliphatic heterocycles. The minimum absolute atomic E-state index is 0.0789. The molecular formula is C17H13ClF3NO4. The first-order valence-corrected chi connectivity index (χ1v) is 7.99. The molecule has 5 nitrogen and oxygen atoms in total. The van der Waals surface area contributed by atoms with Crippen molar-refractivity contribution in [1.82, 2.24) is 5.32 Å². The van der Waals surface area contributed by atoms with Crippen LogP contribution in [0.2, 0.25) is 5.02 Å². The number of carboxylic acids is 1. The van der Waals surface area contributed by atoms with Gasteiger partial charge >= 0.3 is 12.1 Å². The molecule has 9 heteroatoms. The fourth-order valence-electron chi connectivity index (χ4n) is 2.74. The minimum Gasteiger partial charge on any atom is -0.475 e. The van der Waals surface area contributed by atoms with E-state index < -0.39 is 29.0 Å². The van der Waals surface area contributed by atoms with Gasteiger partial charge in [-0.25, -0.2) is 4.79 Å². The number of carbonyl (C=O) groups excluding carboxylic acids is 1. The van der Waals surface area contributed by atoms with Crippen molar-refractivity contribution in [3.05, 3.63) is 58.0 Å². The molecule has 0 bridgehead atoms. The summed E-state index contributed by atoms with van der Waals surface area (Å²) in [6.07, 6.45) is -3.79. The van der Waals surface area contributed by atoms with Crippen molar-refractivity contribution in [3.63, 3.8) is 0 Å². The Labute approximate surface area is 150 Å². The van der Waals surface area contributed by atoms with Crippen molar-refractivity contribution in [3.8, 4) is 0 Å². The van der Waals surface area contributed by atoms with E-state index in [2.05, 4.69) is 5.32 Å². The Morgan fingerprint density at radius 2 is 1.92 bits per heavy atom. The molecule has 1 heterocycles. The molecule has 1 aromatic carbocycles. The highest BCUT2D eigenvalue weighted by Gasteiger charge is 2.53. The molecule has 1 fully saturated rings. The van der Waals surface area contributed by atoms with Crippen LogP contribution in [-0.2, 0) is 22.9 Å². The normalized spacial score (nSPS) is 15.5. The number of halogens is 4. The lowest BCUT2D eigenvalue weighted by Crippen LogP contribution is -2.34. The predicted molar refractivity (Wildman–Crippen MR) is 84.9 cm³/mol. The first kappa shape index (κ1) is 18.3. The van der Waals surface area contributed by atoms with E-state index in [4.69, 9.17) is 21.1 Å². The van der Waals surface area contributed by atoms with Crippen LogP contribution >= 0.6 is 11.6 Å². The van der Waals surface area contributed by atoms with Gasteiger partial charge in [-0.15, -0.1) is 0 Å². The van der Waals surface area contributed by atoms with Crippen molar-refractivity contribution < 1.29 is 32.3 Å². The van der Waals surface area contributed by atoms with Gasteiger partial charge in [-0.05, 0) is 48.7 Å². The van der Waals surface area contributed by atoms with Crippen molar-refractivity contribution in [2.75, 3.05) is 0 Å². The molecule has 0 unspecified atom stereocenters. The average Bonchev–Trinajstić information content (AvgIpc) is 3.22. The summed E-state index contributed by atoms with van der Waals surface area (Å²) in [6.45, 7) is -0.0789. The summed E-state index contributed by atoms with van der Waals surface area (Å²) in [5.41, 5.74) is -1.84. The van der Waals surface area contributed by atoms with Gasteiger partial charge < -0.3 is 14.8 Å². The zero-order chi connectivity index (χ0) is 19.1. The summed E-state index contributed by atoms with van der Waals surface area (Å²) >= 11 is 6.04. The van der Waals surface area contributed by atoms with E-state index in [0.717, 1.165) is 18.2 Å². The third-order valence-electron chi connectivity index (χ3n) is 4.29. The van der Waals surface area contributed by atoms with Gasteiger partial charge in [0.2, 0.25) is 11.7 Å². The van der Waals surface area contributed by atoms with E-state index in [1.54, 1.807) is 0 Å². The van der Waals surface area contributed by atoms with Gasteiger partial charge in [0.1, 0.15) is 5.76 Å². The Bertz CT molecular complexity index is 871. The highest BCUT2D eigenvalue weighted by molar-refractivity contribution is 6.32. The second-order valence-corrected chi connectivity index (χ2v) is 6.44. The lowest BCUT2D eigenvalue weighted by molar-refractivity contribution is -0.137. The second-order valence-electron chi connectivity index (χ2n) is 6.03. The number of furan rings is 1. The lowest BCUT2D eigenvalue weighted by Gasteiger charge is -2.18. The van der Waals surface area contributed by atoms with Gasteiger partial charge in [0.15, 0.2) is 0 Å². The zero-order valence-electron chi connectivity index (χ0n) is 13.2. The van der Waals surface area contributed by atoms with Crippen LogP contribution in [0.3, 0.4) is 0 Å². The molecule has 0 radical (unpaired) electrons. The van der Waals surface area contributed by atoms with Crippen molar-refractivity contribution in [2.45, 2.75) is 31.0 Å². The first-order valence-electron chi connectivity index (χ1n) is 7.61. The van der Waals surface area contributed by atoms with E-state index in [9.17, 15) is 22.8 Å². The number of alkyl halides is 3. The largest absolute Gasteiger partial charge is 0.475 e. The standard InChI is InChI=1S/C17H13ClF3NO4/c18-12-3-1-9(17(19,20)21)7-11(12)16(5-6-16)15(25)22-8-10-2-4-13(26-10)14(23)24/h1-4,7H,5-6,8H2,(H,22,25)(H,23,24). The fraction of sp³-hybridized carbons (Fsp3) is 0.294. The number of amides is 1. The summed E-state index contributed by atoms with van der Waals surface area (Å²) in [5.74, 6) is -1.76. The minimum atomic E-state index is -4.53. The third kappa shape index (κ3) is 3.41. The number of carbonyl (C=O) groups is 2. The van der Waals surface area contributed by atoms with Crippen LogP contribution in [-0.4, -0.2) is 17.0 Å².